The van der Waals surface area contributed by atoms with Crippen molar-refractivity contribution in [3.8, 4) is 0 Å². The Kier molecular flexibility index (Phi) is 6.00. The number of amides is 2. The first kappa shape index (κ1) is 22.3. The highest BCUT2D eigenvalue weighted by molar-refractivity contribution is 6.06. The summed E-state index contributed by atoms with van der Waals surface area (Å²) in [6, 6.07) is 17.3. The number of aromatic nitrogens is 2. The second-order valence-electron chi connectivity index (χ2n) is 8.32. The average molecular weight is 447 g/mol. The Labute approximate surface area is 192 Å². The zero-order chi connectivity index (χ0) is 23.6. The number of hydrogen-bond acceptors (Lipinski definition) is 5. The minimum atomic E-state index is -1.20. The van der Waals surface area contributed by atoms with Gasteiger partial charge < -0.3 is 19.5 Å². The Bertz CT molecular complexity index is 1200. The number of esters is 1. The van der Waals surface area contributed by atoms with Gasteiger partial charge in [-0.25, -0.2) is 9.78 Å². The van der Waals surface area contributed by atoms with E-state index in [2.05, 4.69) is 10.3 Å². The molecule has 0 aliphatic carbocycles. The summed E-state index contributed by atoms with van der Waals surface area (Å²) in [5, 5.41) is 2.97. The van der Waals surface area contributed by atoms with E-state index in [0.29, 0.717) is 6.54 Å². The minimum absolute atomic E-state index is 0.0518. The van der Waals surface area contributed by atoms with Crippen LogP contribution < -0.4 is 5.32 Å². The average Bonchev–Trinajstić information content (AvgIpc) is 3.25. The van der Waals surface area contributed by atoms with Crippen molar-refractivity contribution >= 4 is 17.8 Å². The molecule has 1 atom stereocenters. The van der Waals surface area contributed by atoms with E-state index >= 15 is 0 Å². The quantitative estimate of drug-likeness (QED) is 0.588. The first-order chi connectivity index (χ1) is 15.8. The molecule has 0 saturated carbocycles. The molecule has 1 N–H and O–H groups in total. The number of rotatable bonds is 6. The van der Waals surface area contributed by atoms with Crippen LogP contribution in [0.4, 0.5) is 0 Å². The Morgan fingerprint density at radius 1 is 1.12 bits per heavy atom. The SMILES string of the molecule is COC(=O)c1ncn2c1C(=O)N(Cc1ccccc1C)[C@@](C)(C(=O)NCc1ccccc1)C2. The number of carbonyl (C=O) groups excluding carboxylic acids is 3. The lowest BCUT2D eigenvalue weighted by Crippen LogP contribution is -2.63. The molecule has 3 aromatic rings. The lowest BCUT2D eigenvalue weighted by Gasteiger charge is -2.44. The summed E-state index contributed by atoms with van der Waals surface area (Å²) < 4.78 is 6.36. The molecular weight excluding hydrogens is 420 g/mol. The minimum Gasteiger partial charge on any atom is -0.464 e. The maximum atomic E-state index is 13.7. The van der Waals surface area contributed by atoms with Crippen LogP contribution in [-0.4, -0.2) is 44.9 Å². The predicted molar refractivity (Wildman–Crippen MR) is 121 cm³/mol. The van der Waals surface area contributed by atoms with E-state index in [9.17, 15) is 14.4 Å². The van der Waals surface area contributed by atoms with Crippen LogP contribution in [0.5, 0.6) is 0 Å². The fourth-order valence-corrected chi connectivity index (χ4v) is 4.11. The van der Waals surface area contributed by atoms with E-state index in [1.807, 2.05) is 61.5 Å². The van der Waals surface area contributed by atoms with Crippen LogP contribution in [0.2, 0.25) is 0 Å². The largest absolute Gasteiger partial charge is 0.464 e. The Morgan fingerprint density at radius 2 is 1.82 bits per heavy atom. The van der Waals surface area contributed by atoms with E-state index in [-0.39, 0.29) is 30.4 Å². The van der Waals surface area contributed by atoms with Crippen LogP contribution in [0.15, 0.2) is 60.9 Å². The van der Waals surface area contributed by atoms with Crippen molar-refractivity contribution in [1.29, 1.82) is 0 Å². The van der Waals surface area contributed by atoms with E-state index < -0.39 is 17.4 Å². The van der Waals surface area contributed by atoms with Gasteiger partial charge in [0.05, 0.1) is 20.0 Å². The molecule has 1 aromatic heterocycles. The Hall–Kier alpha value is -3.94. The standard InChI is InChI=1S/C25H26N4O4/c1-17-9-7-8-12-19(17)14-29-22(30)21-20(23(31)33-3)27-16-28(21)15-25(29,2)24(32)26-13-18-10-5-4-6-11-18/h4-12,16H,13-15H2,1-3H3,(H,26,32)/t25-/m1/s1. The summed E-state index contributed by atoms with van der Waals surface area (Å²) in [5.41, 5.74) is 1.76. The van der Waals surface area contributed by atoms with Crippen LogP contribution in [0.3, 0.4) is 0 Å². The van der Waals surface area contributed by atoms with Gasteiger partial charge >= 0.3 is 5.97 Å². The fraction of sp³-hybridized carbons (Fsp3) is 0.280. The lowest BCUT2D eigenvalue weighted by molar-refractivity contribution is -0.133. The number of hydrogen-bond donors (Lipinski definition) is 1. The van der Waals surface area contributed by atoms with E-state index in [0.717, 1.165) is 16.7 Å². The molecule has 0 spiro atoms. The third-order valence-corrected chi connectivity index (χ3v) is 6.11. The van der Waals surface area contributed by atoms with Gasteiger partial charge in [-0.15, -0.1) is 0 Å². The van der Waals surface area contributed by atoms with Gasteiger partial charge in [-0.3, -0.25) is 9.59 Å². The summed E-state index contributed by atoms with van der Waals surface area (Å²) >= 11 is 0. The zero-order valence-electron chi connectivity index (χ0n) is 18.9. The Morgan fingerprint density at radius 3 is 2.52 bits per heavy atom. The van der Waals surface area contributed by atoms with Crippen molar-refractivity contribution in [3.63, 3.8) is 0 Å². The number of carbonyl (C=O) groups is 3. The topological polar surface area (TPSA) is 93.5 Å². The number of nitrogens with one attached hydrogen (secondary N) is 1. The van der Waals surface area contributed by atoms with Gasteiger partial charge in [0.25, 0.3) is 5.91 Å². The number of methoxy groups -OCH3 is 1. The van der Waals surface area contributed by atoms with Crippen molar-refractivity contribution in [3.05, 3.63) is 89.0 Å². The van der Waals surface area contributed by atoms with E-state index in [1.165, 1.54) is 18.3 Å². The maximum absolute atomic E-state index is 13.7. The lowest BCUT2D eigenvalue weighted by atomic mass is 9.92. The molecule has 8 heteroatoms. The van der Waals surface area contributed by atoms with Gasteiger partial charge in [-0.2, -0.15) is 0 Å². The molecule has 0 saturated heterocycles. The van der Waals surface area contributed by atoms with Gasteiger partial charge in [0, 0.05) is 13.1 Å². The third kappa shape index (κ3) is 4.11. The molecule has 170 valence electrons. The van der Waals surface area contributed by atoms with Crippen LogP contribution in [0.1, 0.15) is 44.6 Å². The first-order valence-electron chi connectivity index (χ1n) is 10.7. The summed E-state index contributed by atoms with van der Waals surface area (Å²) in [7, 11) is 1.24. The number of nitrogens with zero attached hydrogens (tertiary/aromatic N) is 3. The van der Waals surface area contributed by atoms with E-state index in [1.54, 1.807) is 11.5 Å². The van der Waals surface area contributed by atoms with Crippen molar-refractivity contribution in [2.75, 3.05) is 7.11 Å². The highest BCUT2D eigenvalue weighted by Crippen LogP contribution is 2.31. The van der Waals surface area contributed by atoms with Crippen molar-refractivity contribution < 1.29 is 19.1 Å². The highest BCUT2D eigenvalue weighted by atomic mass is 16.5. The van der Waals surface area contributed by atoms with Crippen LogP contribution in [0, 0.1) is 6.92 Å². The Balaban J connectivity index is 1.71. The molecule has 0 radical (unpaired) electrons. The van der Waals surface area contributed by atoms with Gasteiger partial charge in [0.1, 0.15) is 11.2 Å². The summed E-state index contributed by atoms with van der Waals surface area (Å²) in [4.78, 5) is 45.1. The number of ether oxygens (including phenoxy) is 1. The molecule has 8 nitrogen and oxygen atoms in total. The highest BCUT2D eigenvalue weighted by Gasteiger charge is 2.49. The normalized spacial score (nSPS) is 17.4. The number of aryl methyl sites for hydroxylation is 1. The molecular formula is C25H26N4O4. The molecule has 4 rings (SSSR count). The monoisotopic (exact) mass is 446 g/mol. The maximum Gasteiger partial charge on any atom is 0.359 e. The van der Waals surface area contributed by atoms with Gasteiger partial charge in [0.2, 0.25) is 5.91 Å². The second-order valence-corrected chi connectivity index (χ2v) is 8.32. The first-order valence-corrected chi connectivity index (χ1v) is 10.7. The molecule has 2 heterocycles. The van der Waals surface area contributed by atoms with Crippen molar-refractivity contribution in [2.45, 2.75) is 39.0 Å². The summed E-state index contributed by atoms with van der Waals surface area (Å²) in [5.74, 6) is -1.42. The van der Waals surface area contributed by atoms with Gasteiger partial charge in [0.15, 0.2) is 5.69 Å². The molecule has 33 heavy (non-hydrogen) atoms. The van der Waals surface area contributed by atoms with Crippen LogP contribution in [0.25, 0.3) is 0 Å². The molecule has 0 unspecified atom stereocenters. The fourth-order valence-electron chi connectivity index (χ4n) is 4.11. The van der Waals surface area contributed by atoms with Crippen LogP contribution >= 0.6 is 0 Å². The molecule has 2 aromatic carbocycles. The van der Waals surface area contributed by atoms with Crippen molar-refractivity contribution in [1.82, 2.24) is 19.8 Å². The predicted octanol–water partition coefficient (Wildman–Crippen LogP) is 2.71. The second kappa shape index (κ2) is 8.90. The van der Waals surface area contributed by atoms with Crippen molar-refractivity contribution in [2.24, 2.45) is 0 Å². The molecule has 1 aliphatic heterocycles. The summed E-state index contributed by atoms with van der Waals surface area (Å²) in [6.07, 6.45) is 1.41. The number of imidazole rings is 1. The smallest absolute Gasteiger partial charge is 0.359 e. The van der Waals surface area contributed by atoms with Gasteiger partial charge in [-0.1, -0.05) is 54.6 Å². The molecule has 2 amide bonds. The molecule has 1 aliphatic rings. The number of benzene rings is 2. The zero-order valence-corrected chi connectivity index (χ0v) is 18.9. The molecule has 0 bridgehead atoms. The van der Waals surface area contributed by atoms with E-state index in [4.69, 9.17) is 4.74 Å². The van der Waals surface area contributed by atoms with Gasteiger partial charge in [-0.05, 0) is 30.5 Å². The van der Waals surface area contributed by atoms with Crippen LogP contribution in [-0.2, 0) is 29.2 Å². The molecule has 0 fully saturated rings. The summed E-state index contributed by atoms with van der Waals surface area (Å²) in [6.45, 7) is 4.41. The third-order valence-electron chi connectivity index (χ3n) is 6.11. The number of fused-ring (bicyclic) bond motifs is 1.